The van der Waals surface area contributed by atoms with Crippen LogP contribution in [-0.2, 0) is 11.3 Å². The molecular weight excluding hydrogens is 420 g/mol. The fourth-order valence-electron chi connectivity index (χ4n) is 4.23. The van der Waals surface area contributed by atoms with Gasteiger partial charge in [-0.2, -0.15) is 5.26 Å². The normalized spacial score (nSPS) is 20.7. The Morgan fingerprint density at radius 1 is 1.45 bits per heavy atom. The standard InChI is InChI=1S/C23H26N8O2/c1-13-17(3-4-18-19(13)12-33-22(18)32)20-10-31(11-21(26)30-20)9-15(5-24)7-27-23-28-8-16(6-25)14(2)29-23/h3-5,7-8,20-21,24,30H,9-12,26H2,1-2H3,(H,27,28,29)/b15-7+,24-5?/t20-,21+/m0/s1. The van der Waals surface area contributed by atoms with Crippen LogP contribution in [0.15, 0.2) is 30.1 Å². The SMILES string of the molecule is Cc1nc(N/C=C(\C=N)CN2C[C@@H](c3ccc4c(c3C)COC4=O)N[C@@H](N)C2)ncc1C#N. The number of piperazine rings is 1. The first-order chi connectivity index (χ1) is 15.9. The fraction of sp³-hybridized carbons (Fsp3) is 0.348. The molecule has 1 fully saturated rings. The second-order valence-electron chi connectivity index (χ2n) is 8.21. The van der Waals surface area contributed by atoms with E-state index in [9.17, 15) is 4.79 Å². The lowest BCUT2D eigenvalue weighted by atomic mass is 9.92. The van der Waals surface area contributed by atoms with Crippen molar-refractivity contribution in [2.45, 2.75) is 32.7 Å². The highest BCUT2D eigenvalue weighted by Crippen LogP contribution is 2.30. The fourth-order valence-corrected chi connectivity index (χ4v) is 4.23. The van der Waals surface area contributed by atoms with Crippen molar-refractivity contribution in [1.29, 1.82) is 10.7 Å². The summed E-state index contributed by atoms with van der Waals surface area (Å²) in [6, 6.07) is 5.82. The summed E-state index contributed by atoms with van der Waals surface area (Å²) in [5.41, 5.74) is 11.7. The number of benzene rings is 1. The lowest BCUT2D eigenvalue weighted by Crippen LogP contribution is -2.56. The summed E-state index contributed by atoms with van der Waals surface area (Å²) in [5.74, 6) is 0.0931. The summed E-state index contributed by atoms with van der Waals surface area (Å²) >= 11 is 0. The number of rotatable bonds is 6. The molecule has 0 spiro atoms. The monoisotopic (exact) mass is 446 g/mol. The van der Waals surface area contributed by atoms with Crippen molar-refractivity contribution in [3.05, 3.63) is 63.6 Å². The molecule has 5 N–H and O–H groups in total. The number of carbonyl (C=O) groups excluding carboxylic acids is 1. The molecule has 10 heteroatoms. The van der Waals surface area contributed by atoms with Gasteiger partial charge in [0.05, 0.1) is 29.2 Å². The number of fused-ring (bicyclic) bond motifs is 1. The van der Waals surface area contributed by atoms with Crippen LogP contribution in [0, 0.1) is 30.6 Å². The number of hydrogen-bond acceptors (Lipinski definition) is 10. The number of cyclic esters (lactones) is 1. The number of nitrogens with zero attached hydrogens (tertiary/aromatic N) is 4. The summed E-state index contributed by atoms with van der Waals surface area (Å²) in [4.78, 5) is 22.4. The Morgan fingerprint density at radius 2 is 2.27 bits per heavy atom. The second-order valence-corrected chi connectivity index (χ2v) is 8.21. The van der Waals surface area contributed by atoms with Crippen LogP contribution in [0.5, 0.6) is 0 Å². The van der Waals surface area contributed by atoms with Crippen LogP contribution in [0.25, 0.3) is 0 Å². The number of nitrogens with two attached hydrogens (primary N) is 1. The second kappa shape index (κ2) is 9.46. The van der Waals surface area contributed by atoms with Gasteiger partial charge in [-0.1, -0.05) is 6.07 Å². The van der Waals surface area contributed by atoms with E-state index in [1.165, 1.54) is 12.4 Å². The van der Waals surface area contributed by atoms with E-state index < -0.39 is 0 Å². The predicted molar refractivity (Wildman–Crippen MR) is 123 cm³/mol. The molecule has 2 atom stereocenters. The minimum absolute atomic E-state index is 0.0146. The van der Waals surface area contributed by atoms with Gasteiger partial charge in [-0.25, -0.2) is 14.8 Å². The van der Waals surface area contributed by atoms with Gasteiger partial charge in [-0.3, -0.25) is 10.2 Å². The molecule has 2 aliphatic rings. The average Bonchev–Trinajstić information content (AvgIpc) is 3.18. The van der Waals surface area contributed by atoms with Crippen LogP contribution in [0.3, 0.4) is 0 Å². The molecule has 10 nitrogen and oxygen atoms in total. The lowest BCUT2D eigenvalue weighted by molar-refractivity contribution is 0.0535. The molecule has 0 bridgehead atoms. The van der Waals surface area contributed by atoms with Crippen molar-refractivity contribution < 1.29 is 9.53 Å². The molecule has 2 aromatic rings. The van der Waals surface area contributed by atoms with E-state index in [0.29, 0.717) is 49.0 Å². The van der Waals surface area contributed by atoms with Crippen molar-refractivity contribution >= 4 is 18.1 Å². The van der Waals surface area contributed by atoms with Crippen molar-refractivity contribution in [2.24, 2.45) is 5.73 Å². The number of esters is 1. The molecule has 0 amide bonds. The quantitative estimate of drug-likeness (QED) is 0.382. The number of ether oxygens (including phenoxy) is 1. The molecule has 0 saturated carbocycles. The minimum atomic E-state index is -0.274. The van der Waals surface area contributed by atoms with Crippen LogP contribution in [0.4, 0.5) is 5.95 Å². The van der Waals surface area contributed by atoms with Crippen molar-refractivity contribution in [3.63, 3.8) is 0 Å². The maximum atomic E-state index is 11.9. The summed E-state index contributed by atoms with van der Waals surface area (Å²) in [7, 11) is 0. The Bertz CT molecular complexity index is 1170. The topological polar surface area (TPSA) is 153 Å². The zero-order valence-corrected chi connectivity index (χ0v) is 18.6. The van der Waals surface area contributed by atoms with Crippen LogP contribution >= 0.6 is 0 Å². The zero-order chi connectivity index (χ0) is 23.5. The van der Waals surface area contributed by atoms with Gasteiger partial charge in [0.25, 0.3) is 0 Å². The Kier molecular flexibility index (Phi) is 6.46. The van der Waals surface area contributed by atoms with Crippen LogP contribution < -0.4 is 16.4 Å². The van der Waals surface area contributed by atoms with Crippen molar-refractivity contribution in [1.82, 2.24) is 20.2 Å². The van der Waals surface area contributed by atoms with E-state index in [0.717, 1.165) is 22.3 Å². The number of hydrogen-bond donors (Lipinski definition) is 4. The maximum absolute atomic E-state index is 11.9. The Morgan fingerprint density at radius 3 is 3.00 bits per heavy atom. The summed E-state index contributed by atoms with van der Waals surface area (Å²) in [6.45, 7) is 5.90. The van der Waals surface area contributed by atoms with E-state index in [4.69, 9.17) is 21.1 Å². The molecule has 1 saturated heterocycles. The number of carbonyl (C=O) groups is 1. The molecule has 1 aromatic carbocycles. The van der Waals surface area contributed by atoms with Crippen molar-refractivity contribution in [2.75, 3.05) is 25.0 Å². The molecule has 2 aliphatic heterocycles. The molecule has 33 heavy (non-hydrogen) atoms. The first-order valence-electron chi connectivity index (χ1n) is 10.6. The maximum Gasteiger partial charge on any atom is 0.338 e. The van der Waals surface area contributed by atoms with Gasteiger partial charge in [-0.05, 0) is 36.6 Å². The van der Waals surface area contributed by atoms with E-state index in [-0.39, 0.29) is 18.2 Å². The van der Waals surface area contributed by atoms with Crippen LogP contribution in [0.2, 0.25) is 0 Å². The van der Waals surface area contributed by atoms with E-state index in [1.54, 1.807) is 13.1 Å². The highest BCUT2D eigenvalue weighted by atomic mass is 16.5. The number of anilines is 1. The number of nitrogens with one attached hydrogen (secondary N) is 3. The highest BCUT2D eigenvalue weighted by Gasteiger charge is 2.30. The molecular formula is C23H26N8O2. The van der Waals surface area contributed by atoms with Gasteiger partial charge < -0.3 is 21.2 Å². The van der Waals surface area contributed by atoms with Gasteiger partial charge in [0, 0.05) is 43.7 Å². The third kappa shape index (κ3) is 4.75. The van der Waals surface area contributed by atoms with E-state index in [1.807, 2.05) is 25.1 Å². The summed E-state index contributed by atoms with van der Waals surface area (Å²) in [6.07, 6.45) is 4.22. The number of nitriles is 1. The minimum Gasteiger partial charge on any atom is -0.457 e. The first kappa shape index (κ1) is 22.5. The summed E-state index contributed by atoms with van der Waals surface area (Å²) in [5, 5.41) is 23.3. The molecule has 1 aromatic heterocycles. The molecule has 170 valence electrons. The third-order valence-corrected chi connectivity index (χ3v) is 5.97. The van der Waals surface area contributed by atoms with E-state index >= 15 is 0 Å². The molecule has 3 heterocycles. The molecule has 0 unspecified atom stereocenters. The summed E-state index contributed by atoms with van der Waals surface area (Å²) < 4.78 is 5.18. The number of aromatic nitrogens is 2. The lowest BCUT2D eigenvalue weighted by Gasteiger charge is -2.38. The zero-order valence-electron chi connectivity index (χ0n) is 18.6. The van der Waals surface area contributed by atoms with Crippen LogP contribution in [0.1, 0.15) is 44.3 Å². The molecule has 0 aliphatic carbocycles. The number of aryl methyl sites for hydroxylation is 1. The highest BCUT2D eigenvalue weighted by molar-refractivity contribution is 5.94. The van der Waals surface area contributed by atoms with Gasteiger partial charge in [0.15, 0.2) is 0 Å². The Balaban J connectivity index is 1.47. The van der Waals surface area contributed by atoms with Crippen LogP contribution in [-0.4, -0.2) is 52.9 Å². The van der Waals surface area contributed by atoms with Gasteiger partial charge in [0.2, 0.25) is 5.95 Å². The third-order valence-electron chi connectivity index (χ3n) is 5.97. The Labute approximate surface area is 192 Å². The van der Waals surface area contributed by atoms with Gasteiger partial charge in [-0.15, -0.1) is 0 Å². The Hall–Kier alpha value is -3.65. The van der Waals surface area contributed by atoms with Gasteiger partial charge in [0.1, 0.15) is 12.7 Å². The molecule has 4 rings (SSSR count). The van der Waals surface area contributed by atoms with E-state index in [2.05, 4.69) is 25.5 Å². The molecule has 0 radical (unpaired) electrons. The first-order valence-corrected chi connectivity index (χ1v) is 10.6. The van der Waals surface area contributed by atoms with Gasteiger partial charge >= 0.3 is 5.97 Å². The largest absolute Gasteiger partial charge is 0.457 e. The average molecular weight is 447 g/mol. The predicted octanol–water partition coefficient (Wildman–Crippen LogP) is 1.51. The van der Waals surface area contributed by atoms with Crippen molar-refractivity contribution in [3.8, 4) is 6.07 Å². The smallest absolute Gasteiger partial charge is 0.338 e.